The van der Waals surface area contributed by atoms with Crippen molar-refractivity contribution in [1.82, 2.24) is 0 Å². The zero-order valence-electron chi connectivity index (χ0n) is 6.90. The Bertz CT molecular complexity index is 365. The van der Waals surface area contributed by atoms with E-state index in [-0.39, 0.29) is 0 Å². The van der Waals surface area contributed by atoms with E-state index in [0.717, 1.165) is 0 Å². The lowest BCUT2D eigenvalue weighted by molar-refractivity contribution is -0.138. The van der Waals surface area contributed by atoms with Crippen LogP contribution in [0.3, 0.4) is 0 Å². The van der Waals surface area contributed by atoms with Crippen LogP contribution in [0.1, 0.15) is 17.2 Å². The first kappa shape index (κ1) is 9.30. The summed E-state index contributed by atoms with van der Waals surface area (Å²) in [5.74, 6) is 1.35. The first-order valence-corrected chi connectivity index (χ1v) is 3.70. The van der Waals surface area contributed by atoms with Crippen molar-refractivity contribution in [2.75, 3.05) is 0 Å². The van der Waals surface area contributed by atoms with E-state index in [1.807, 2.05) is 0 Å². The van der Waals surface area contributed by atoms with Gasteiger partial charge in [-0.2, -0.15) is 0 Å². The van der Waals surface area contributed by atoms with E-state index in [2.05, 4.69) is 5.92 Å². The first-order valence-electron chi connectivity index (χ1n) is 3.70. The molecule has 0 bridgehead atoms. The molecule has 1 atom stereocenters. The summed E-state index contributed by atoms with van der Waals surface area (Å²) >= 11 is 0. The number of carbonyl (C=O) groups is 1. The Balaban J connectivity index is 3.03. The average Bonchev–Trinajstić information content (AvgIpc) is 2.16. The minimum atomic E-state index is -1.06. The molecule has 1 aromatic carbocycles. The number of carboxylic acids is 1. The molecule has 0 fully saturated rings. The topological polar surface area (TPSA) is 63.3 Å². The third-order valence-electron chi connectivity index (χ3n) is 1.68. The fraction of sp³-hybridized carbons (Fsp3) is 0.100. The van der Waals surface area contributed by atoms with Gasteiger partial charge in [0.2, 0.25) is 0 Å². The third-order valence-corrected chi connectivity index (χ3v) is 1.68. The molecule has 13 heavy (non-hydrogen) atoms. The van der Waals surface area contributed by atoms with E-state index < -0.39 is 12.0 Å². The lowest BCUT2D eigenvalue weighted by Gasteiger charge is -2.06. The quantitative estimate of drug-likeness (QED) is 0.652. The second-order valence-corrected chi connectivity index (χ2v) is 2.59. The molecule has 0 spiro atoms. The van der Waals surface area contributed by atoms with E-state index in [1.165, 1.54) is 0 Å². The summed E-state index contributed by atoms with van der Waals surface area (Å²) in [4.78, 5) is 10.5. The Morgan fingerprint density at radius 3 is 2.85 bits per heavy atom. The molecule has 0 aliphatic carbocycles. The molecule has 3 nitrogen and oxygen atoms in total. The van der Waals surface area contributed by atoms with Crippen LogP contribution >= 0.6 is 0 Å². The Kier molecular flexibility index (Phi) is 2.68. The molecule has 66 valence electrons. The summed E-state index contributed by atoms with van der Waals surface area (Å²) in [7, 11) is 0. The van der Waals surface area contributed by atoms with Crippen molar-refractivity contribution in [3.8, 4) is 12.3 Å². The monoisotopic (exact) mass is 175 g/mol. The van der Waals surface area contributed by atoms with Crippen LogP contribution in [0.4, 0.5) is 0 Å². The van der Waals surface area contributed by atoms with Gasteiger partial charge in [-0.05, 0) is 17.7 Å². The second kappa shape index (κ2) is 3.74. The predicted molar refractivity (Wildman–Crippen MR) is 48.9 cm³/mol. The molecular formula is C10H9NO2. The number of hydrogen-bond acceptors (Lipinski definition) is 2. The predicted octanol–water partition coefficient (Wildman–Crippen LogP) is 0.752. The number of terminal acetylenes is 1. The number of hydrogen-bond donors (Lipinski definition) is 2. The van der Waals surface area contributed by atoms with E-state index in [9.17, 15) is 4.79 Å². The first-order chi connectivity index (χ1) is 6.15. The lowest BCUT2D eigenvalue weighted by Crippen LogP contribution is -2.20. The van der Waals surface area contributed by atoms with Gasteiger partial charge in [0, 0.05) is 5.56 Å². The number of aliphatic carboxylic acids is 1. The molecule has 0 radical (unpaired) electrons. The van der Waals surface area contributed by atoms with E-state index >= 15 is 0 Å². The van der Waals surface area contributed by atoms with Crippen LogP contribution < -0.4 is 5.73 Å². The molecule has 1 aromatic rings. The van der Waals surface area contributed by atoms with Crippen LogP contribution in [-0.2, 0) is 4.79 Å². The Labute approximate surface area is 76.2 Å². The van der Waals surface area contributed by atoms with Gasteiger partial charge in [0.05, 0.1) is 0 Å². The standard InChI is InChI=1S/C10H9NO2/c1-2-7-4-3-5-8(6-7)9(11)10(12)13/h1,3-6,9H,11H2,(H,12,13). The zero-order valence-corrected chi connectivity index (χ0v) is 6.90. The van der Waals surface area contributed by atoms with Crippen LogP contribution in [0.25, 0.3) is 0 Å². The maximum Gasteiger partial charge on any atom is 0.325 e. The summed E-state index contributed by atoms with van der Waals surface area (Å²) in [6.07, 6.45) is 5.16. The lowest BCUT2D eigenvalue weighted by atomic mass is 10.1. The second-order valence-electron chi connectivity index (χ2n) is 2.59. The van der Waals surface area contributed by atoms with Crippen molar-refractivity contribution in [1.29, 1.82) is 0 Å². The molecule has 3 N–H and O–H groups in total. The third kappa shape index (κ3) is 2.08. The largest absolute Gasteiger partial charge is 0.480 e. The molecule has 1 unspecified atom stereocenters. The minimum Gasteiger partial charge on any atom is -0.480 e. The fourth-order valence-electron chi connectivity index (χ4n) is 0.964. The number of benzene rings is 1. The fourth-order valence-corrected chi connectivity index (χ4v) is 0.964. The Morgan fingerprint density at radius 2 is 2.31 bits per heavy atom. The average molecular weight is 175 g/mol. The van der Waals surface area contributed by atoms with Crippen molar-refractivity contribution in [3.63, 3.8) is 0 Å². The van der Waals surface area contributed by atoms with Gasteiger partial charge in [-0.1, -0.05) is 18.1 Å². The summed E-state index contributed by atoms with van der Waals surface area (Å²) in [5, 5.41) is 8.62. The summed E-state index contributed by atoms with van der Waals surface area (Å²) in [5.41, 5.74) is 6.54. The molecule has 0 saturated heterocycles. The SMILES string of the molecule is C#Cc1cccc(C(N)C(=O)O)c1. The maximum absolute atomic E-state index is 10.5. The van der Waals surface area contributed by atoms with Crippen molar-refractivity contribution >= 4 is 5.97 Å². The highest BCUT2D eigenvalue weighted by Crippen LogP contribution is 2.11. The minimum absolute atomic E-state index is 0.517. The Hall–Kier alpha value is -1.79. The molecule has 0 saturated carbocycles. The summed E-state index contributed by atoms with van der Waals surface area (Å²) in [6.45, 7) is 0. The van der Waals surface area contributed by atoms with Crippen LogP contribution in [0.15, 0.2) is 24.3 Å². The molecule has 0 aromatic heterocycles. The molecule has 0 heterocycles. The van der Waals surface area contributed by atoms with Gasteiger partial charge >= 0.3 is 5.97 Å². The smallest absolute Gasteiger partial charge is 0.325 e. The summed E-state index contributed by atoms with van der Waals surface area (Å²) in [6, 6.07) is 5.64. The number of nitrogens with two attached hydrogens (primary N) is 1. The molecular weight excluding hydrogens is 166 g/mol. The highest BCUT2D eigenvalue weighted by atomic mass is 16.4. The van der Waals surface area contributed by atoms with Gasteiger partial charge in [-0.15, -0.1) is 6.42 Å². The van der Waals surface area contributed by atoms with Gasteiger partial charge in [0.25, 0.3) is 0 Å². The van der Waals surface area contributed by atoms with Gasteiger partial charge < -0.3 is 10.8 Å². The van der Waals surface area contributed by atoms with Crippen LogP contribution in [0.5, 0.6) is 0 Å². The molecule has 1 rings (SSSR count). The van der Waals surface area contributed by atoms with Gasteiger partial charge in [0.15, 0.2) is 0 Å². The number of carboxylic acid groups (broad SMARTS) is 1. The van der Waals surface area contributed by atoms with Crippen LogP contribution in [0, 0.1) is 12.3 Å². The number of rotatable bonds is 2. The molecule has 0 aliphatic heterocycles. The highest BCUT2D eigenvalue weighted by molar-refractivity contribution is 5.75. The zero-order chi connectivity index (χ0) is 9.84. The molecule has 0 amide bonds. The maximum atomic E-state index is 10.5. The normalized spacial score (nSPS) is 11.7. The Morgan fingerprint density at radius 1 is 1.62 bits per heavy atom. The van der Waals surface area contributed by atoms with Gasteiger partial charge in [-0.3, -0.25) is 4.79 Å². The van der Waals surface area contributed by atoms with E-state index in [4.69, 9.17) is 17.3 Å². The van der Waals surface area contributed by atoms with Crippen LogP contribution in [0.2, 0.25) is 0 Å². The molecule has 0 aliphatic rings. The van der Waals surface area contributed by atoms with Crippen molar-refractivity contribution < 1.29 is 9.90 Å². The highest BCUT2D eigenvalue weighted by Gasteiger charge is 2.13. The summed E-state index contributed by atoms with van der Waals surface area (Å²) < 4.78 is 0. The van der Waals surface area contributed by atoms with Gasteiger partial charge in [-0.25, -0.2) is 0 Å². The van der Waals surface area contributed by atoms with E-state index in [0.29, 0.717) is 11.1 Å². The van der Waals surface area contributed by atoms with Crippen LogP contribution in [-0.4, -0.2) is 11.1 Å². The van der Waals surface area contributed by atoms with Gasteiger partial charge in [0.1, 0.15) is 6.04 Å². The van der Waals surface area contributed by atoms with Crippen molar-refractivity contribution in [3.05, 3.63) is 35.4 Å². The molecule has 3 heteroatoms. The van der Waals surface area contributed by atoms with E-state index in [1.54, 1.807) is 24.3 Å². The van der Waals surface area contributed by atoms with Crippen molar-refractivity contribution in [2.24, 2.45) is 5.73 Å². The van der Waals surface area contributed by atoms with Crippen molar-refractivity contribution in [2.45, 2.75) is 6.04 Å².